The van der Waals surface area contributed by atoms with Gasteiger partial charge in [0.15, 0.2) is 5.60 Å². The Morgan fingerprint density at radius 2 is 1.81 bits per heavy atom. The lowest BCUT2D eigenvalue weighted by Gasteiger charge is -2.43. The number of rotatable bonds is 7. The van der Waals surface area contributed by atoms with Gasteiger partial charge in [0, 0.05) is 18.8 Å². The fourth-order valence-electron chi connectivity index (χ4n) is 6.01. The minimum Gasteiger partial charge on any atom is -0.476 e. The van der Waals surface area contributed by atoms with Crippen molar-refractivity contribution >= 4 is 11.9 Å². The van der Waals surface area contributed by atoms with E-state index in [1.165, 1.54) is 0 Å². The van der Waals surface area contributed by atoms with E-state index in [-0.39, 0.29) is 36.2 Å². The van der Waals surface area contributed by atoms with Gasteiger partial charge < -0.3 is 24.4 Å². The third kappa shape index (κ3) is 6.63. The van der Waals surface area contributed by atoms with Crippen LogP contribution >= 0.6 is 0 Å². The van der Waals surface area contributed by atoms with E-state index in [0.717, 1.165) is 23.1 Å². The largest absolute Gasteiger partial charge is 0.476 e. The van der Waals surface area contributed by atoms with E-state index < -0.39 is 29.9 Å². The number of carbonyl (C=O) groups excluding carboxylic acids is 2. The fraction of sp³-hybridized carbons (Fsp3) is 0.600. The maximum absolute atomic E-state index is 13.4. The summed E-state index contributed by atoms with van der Waals surface area (Å²) in [5, 5.41) is 20.5. The molecule has 0 aromatic heterocycles. The summed E-state index contributed by atoms with van der Waals surface area (Å²) in [6.45, 7) is 9.50. The highest BCUT2D eigenvalue weighted by Crippen LogP contribution is 2.44. The lowest BCUT2D eigenvalue weighted by Crippen LogP contribution is -2.47. The third-order valence-corrected chi connectivity index (χ3v) is 7.75. The van der Waals surface area contributed by atoms with Crippen molar-refractivity contribution in [1.82, 2.24) is 0 Å². The van der Waals surface area contributed by atoms with Crippen LogP contribution in [-0.4, -0.2) is 52.2 Å². The SMILES string of the molecule is Cc1cc(C)cc(OC(C)(C)C(=O)OC2CC(O)C=C3C=CC(C)C(CC[C@@H]4C[C@@H](O)CC(=O)O4)C32)c1. The van der Waals surface area contributed by atoms with Gasteiger partial charge in [-0.3, -0.25) is 4.79 Å². The third-order valence-electron chi connectivity index (χ3n) is 7.75. The van der Waals surface area contributed by atoms with Gasteiger partial charge in [-0.2, -0.15) is 0 Å². The molecule has 2 aliphatic carbocycles. The number of aryl methyl sites for hydroxylation is 2. The highest BCUT2D eigenvalue weighted by Gasteiger charge is 2.44. The molecule has 4 rings (SSSR count). The summed E-state index contributed by atoms with van der Waals surface area (Å²) in [5.74, 6) is 0.0219. The van der Waals surface area contributed by atoms with E-state index in [2.05, 4.69) is 13.0 Å². The molecule has 1 aliphatic heterocycles. The quantitative estimate of drug-likeness (QED) is 0.524. The number of fused-ring (bicyclic) bond motifs is 1. The molecule has 7 heteroatoms. The Morgan fingerprint density at radius 1 is 1.11 bits per heavy atom. The average molecular weight is 513 g/mol. The first kappa shape index (κ1) is 27.4. The predicted octanol–water partition coefficient (Wildman–Crippen LogP) is 4.35. The Labute approximate surface area is 219 Å². The Balaban J connectivity index is 1.49. The summed E-state index contributed by atoms with van der Waals surface area (Å²) in [5.41, 5.74) is 1.84. The van der Waals surface area contributed by atoms with Crippen molar-refractivity contribution in [3.05, 3.63) is 53.1 Å². The molecule has 0 spiro atoms. The van der Waals surface area contributed by atoms with Gasteiger partial charge in [0.2, 0.25) is 0 Å². The van der Waals surface area contributed by atoms with Crippen LogP contribution in [0.3, 0.4) is 0 Å². The molecule has 1 aromatic rings. The van der Waals surface area contributed by atoms with Crippen molar-refractivity contribution in [2.24, 2.45) is 17.8 Å². The van der Waals surface area contributed by atoms with Crippen molar-refractivity contribution in [2.75, 3.05) is 0 Å². The molecule has 1 heterocycles. The molecule has 1 aromatic carbocycles. The highest BCUT2D eigenvalue weighted by molar-refractivity contribution is 5.79. The molecule has 0 radical (unpaired) electrons. The maximum Gasteiger partial charge on any atom is 0.350 e. The first-order valence-corrected chi connectivity index (χ1v) is 13.3. The number of cyclic esters (lactones) is 1. The Hall–Kier alpha value is -2.64. The molecular weight excluding hydrogens is 472 g/mol. The molecule has 5 unspecified atom stereocenters. The predicted molar refractivity (Wildman–Crippen MR) is 139 cm³/mol. The number of allylic oxidation sites excluding steroid dienone is 2. The number of benzene rings is 1. The van der Waals surface area contributed by atoms with Crippen molar-refractivity contribution < 1.29 is 34.0 Å². The minimum absolute atomic E-state index is 0.0461. The van der Waals surface area contributed by atoms with Gasteiger partial charge in [-0.25, -0.2) is 4.79 Å². The summed E-state index contributed by atoms with van der Waals surface area (Å²) in [4.78, 5) is 25.2. The number of ether oxygens (including phenoxy) is 3. The molecule has 0 saturated carbocycles. The van der Waals surface area contributed by atoms with Crippen LogP contribution < -0.4 is 4.74 Å². The van der Waals surface area contributed by atoms with Crippen LogP contribution in [0.2, 0.25) is 0 Å². The van der Waals surface area contributed by atoms with Crippen LogP contribution in [0.15, 0.2) is 42.0 Å². The second-order valence-electron chi connectivity index (χ2n) is 11.5. The van der Waals surface area contributed by atoms with Crippen LogP contribution in [-0.2, 0) is 19.1 Å². The summed E-state index contributed by atoms with van der Waals surface area (Å²) in [6.07, 6.45) is 5.97. The Kier molecular flexibility index (Phi) is 8.14. The molecule has 7 nitrogen and oxygen atoms in total. The molecule has 1 fully saturated rings. The molecule has 2 N–H and O–H groups in total. The summed E-state index contributed by atoms with van der Waals surface area (Å²) >= 11 is 0. The van der Waals surface area contributed by atoms with Crippen molar-refractivity contribution in [2.45, 2.75) is 96.7 Å². The number of carbonyl (C=O) groups is 2. The topological polar surface area (TPSA) is 102 Å². The molecule has 3 aliphatic rings. The van der Waals surface area contributed by atoms with E-state index in [0.29, 0.717) is 25.0 Å². The smallest absolute Gasteiger partial charge is 0.350 e. The fourth-order valence-corrected chi connectivity index (χ4v) is 6.01. The zero-order valence-electron chi connectivity index (χ0n) is 22.5. The zero-order chi connectivity index (χ0) is 26.9. The first-order chi connectivity index (χ1) is 17.4. The van der Waals surface area contributed by atoms with E-state index in [9.17, 15) is 19.8 Å². The van der Waals surface area contributed by atoms with Crippen LogP contribution in [0.25, 0.3) is 0 Å². The average Bonchev–Trinajstić information content (AvgIpc) is 2.76. The normalized spacial score (nSPS) is 31.7. The Morgan fingerprint density at radius 3 is 2.49 bits per heavy atom. The highest BCUT2D eigenvalue weighted by atomic mass is 16.6. The number of hydrogen-bond acceptors (Lipinski definition) is 7. The molecule has 1 saturated heterocycles. The number of aliphatic hydroxyl groups is 2. The van der Waals surface area contributed by atoms with E-state index in [1.807, 2.05) is 44.2 Å². The van der Waals surface area contributed by atoms with Crippen molar-refractivity contribution in [3.8, 4) is 5.75 Å². The minimum atomic E-state index is -1.22. The van der Waals surface area contributed by atoms with E-state index in [1.54, 1.807) is 13.8 Å². The lowest BCUT2D eigenvalue weighted by molar-refractivity contribution is -0.171. The number of hydrogen-bond donors (Lipinski definition) is 2. The summed E-state index contributed by atoms with van der Waals surface area (Å²) < 4.78 is 17.7. The molecule has 0 bridgehead atoms. The zero-order valence-corrected chi connectivity index (χ0v) is 22.5. The van der Waals surface area contributed by atoms with Gasteiger partial charge in [-0.1, -0.05) is 31.2 Å². The molecule has 0 amide bonds. The van der Waals surface area contributed by atoms with Gasteiger partial charge in [0.1, 0.15) is 18.0 Å². The summed E-state index contributed by atoms with van der Waals surface area (Å²) in [7, 11) is 0. The second-order valence-corrected chi connectivity index (χ2v) is 11.5. The molecule has 202 valence electrons. The standard InChI is InChI=1S/C30H40O7/c1-17-10-18(2)12-24(11-17)37-30(4,5)29(34)36-26-15-21(31)13-20-7-6-19(3)25(28(20)26)9-8-23-14-22(32)16-27(33)35-23/h6-7,10-13,19,21-23,25-26,28,31-32H,8-9,14-16H2,1-5H3/t19?,21?,22-,23-,25?,26?,28?/m1/s1. The van der Waals surface area contributed by atoms with Gasteiger partial charge in [-0.05, 0) is 81.2 Å². The van der Waals surface area contributed by atoms with Gasteiger partial charge in [0.25, 0.3) is 0 Å². The molecular formula is C30H40O7. The lowest BCUT2D eigenvalue weighted by atomic mass is 9.66. The second kappa shape index (κ2) is 11.0. The summed E-state index contributed by atoms with van der Waals surface area (Å²) in [6, 6.07) is 5.83. The van der Waals surface area contributed by atoms with Crippen molar-refractivity contribution in [3.63, 3.8) is 0 Å². The maximum atomic E-state index is 13.4. The first-order valence-electron chi connectivity index (χ1n) is 13.3. The van der Waals surface area contributed by atoms with E-state index >= 15 is 0 Å². The Bertz CT molecular complexity index is 1050. The van der Waals surface area contributed by atoms with Gasteiger partial charge >= 0.3 is 11.9 Å². The van der Waals surface area contributed by atoms with Crippen LogP contribution in [0.5, 0.6) is 5.75 Å². The van der Waals surface area contributed by atoms with Crippen LogP contribution in [0, 0.1) is 31.6 Å². The molecule has 7 atom stereocenters. The number of aliphatic hydroxyl groups excluding tert-OH is 2. The van der Waals surface area contributed by atoms with Crippen LogP contribution in [0.4, 0.5) is 0 Å². The van der Waals surface area contributed by atoms with Gasteiger partial charge in [-0.15, -0.1) is 0 Å². The van der Waals surface area contributed by atoms with Crippen molar-refractivity contribution in [1.29, 1.82) is 0 Å². The molecule has 37 heavy (non-hydrogen) atoms. The van der Waals surface area contributed by atoms with E-state index in [4.69, 9.17) is 14.2 Å². The van der Waals surface area contributed by atoms with Gasteiger partial charge in [0.05, 0.1) is 18.6 Å². The van der Waals surface area contributed by atoms with Crippen LogP contribution in [0.1, 0.15) is 64.0 Å². The monoisotopic (exact) mass is 512 g/mol. The number of esters is 2.